The average molecular weight is 472 g/mol. The Labute approximate surface area is 197 Å². The molecule has 33 heavy (non-hydrogen) atoms. The molecule has 0 saturated heterocycles. The number of fused-ring (bicyclic) bond motifs is 1. The number of methoxy groups -OCH3 is 2. The Morgan fingerprint density at radius 1 is 1.06 bits per heavy atom. The minimum absolute atomic E-state index is 0.0672. The molecule has 1 heterocycles. The standard InChI is InChI=1S/C24H29N3O5S/c1-5-27-19-9-8-17(23(29)32-6-2)14-18(19)26-24(27)33-15-22(28)25-12-11-16-7-10-20(30-3)21(13-16)31-4/h7-10,13-14H,5-6,11-12,15H2,1-4H3,(H,25,28). The minimum atomic E-state index is -0.367. The Balaban J connectivity index is 1.58. The minimum Gasteiger partial charge on any atom is -0.493 e. The molecule has 8 nitrogen and oxygen atoms in total. The van der Waals surface area contributed by atoms with Crippen LogP contribution in [0.4, 0.5) is 0 Å². The van der Waals surface area contributed by atoms with E-state index in [9.17, 15) is 9.59 Å². The number of nitrogens with zero attached hydrogens (tertiary/aromatic N) is 2. The molecule has 0 atom stereocenters. The number of amides is 1. The zero-order valence-electron chi connectivity index (χ0n) is 19.3. The van der Waals surface area contributed by atoms with E-state index in [-0.39, 0.29) is 17.6 Å². The number of thioether (sulfide) groups is 1. The van der Waals surface area contributed by atoms with Gasteiger partial charge >= 0.3 is 5.97 Å². The Bertz CT molecular complexity index is 1130. The second-order valence-electron chi connectivity index (χ2n) is 7.14. The van der Waals surface area contributed by atoms with Crippen molar-refractivity contribution in [3.05, 3.63) is 47.5 Å². The molecule has 1 amide bonds. The van der Waals surface area contributed by atoms with Gasteiger partial charge in [0.1, 0.15) is 0 Å². The summed E-state index contributed by atoms with van der Waals surface area (Å²) >= 11 is 1.37. The Morgan fingerprint density at radius 3 is 2.55 bits per heavy atom. The number of carbonyl (C=O) groups excluding carboxylic acids is 2. The van der Waals surface area contributed by atoms with Crippen LogP contribution in [0.1, 0.15) is 29.8 Å². The van der Waals surface area contributed by atoms with Crippen molar-refractivity contribution in [3.63, 3.8) is 0 Å². The maximum Gasteiger partial charge on any atom is 0.338 e. The Kier molecular flexibility index (Phi) is 8.59. The van der Waals surface area contributed by atoms with Crippen molar-refractivity contribution >= 4 is 34.7 Å². The first kappa shape index (κ1) is 24.4. The third-order valence-electron chi connectivity index (χ3n) is 5.06. The van der Waals surface area contributed by atoms with E-state index in [4.69, 9.17) is 14.2 Å². The molecule has 3 rings (SSSR count). The van der Waals surface area contributed by atoms with E-state index < -0.39 is 0 Å². The summed E-state index contributed by atoms with van der Waals surface area (Å²) in [4.78, 5) is 29.0. The van der Waals surface area contributed by atoms with E-state index in [0.717, 1.165) is 16.2 Å². The van der Waals surface area contributed by atoms with Gasteiger partial charge in [0.25, 0.3) is 0 Å². The highest BCUT2D eigenvalue weighted by atomic mass is 32.2. The summed E-state index contributed by atoms with van der Waals surface area (Å²) in [5.74, 6) is 1.16. The van der Waals surface area contributed by atoms with Crippen LogP contribution in [0.25, 0.3) is 11.0 Å². The summed E-state index contributed by atoms with van der Waals surface area (Å²) in [5.41, 5.74) is 3.14. The molecule has 0 bridgehead atoms. The zero-order chi connectivity index (χ0) is 23.8. The van der Waals surface area contributed by atoms with E-state index in [1.54, 1.807) is 33.3 Å². The van der Waals surface area contributed by atoms with E-state index in [2.05, 4.69) is 10.3 Å². The van der Waals surface area contributed by atoms with Crippen molar-refractivity contribution in [2.45, 2.75) is 32.0 Å². The van der Waals surface area contributed by atoms with Crippen molar-refractivity contribution in [1.82, 2.24) is 14.9 Å². The van der Waals surface area contributed by atoms with Gasteiger partial charge in [0.15, 0.2) is 16.7 Å². The van der Waals surface area contributed by atoms with E-state index in [1.165, 1.54) is 11.8 Å². The van der Waals surface area contributed by atoms with E-state index in [1.807, 2.05) is 35.8 Å². The summed E-state index contributed by atoms with van der Waals surface area (Å²) < 4.78 is 17.7. The van der Waals surface area contributed by atoms with Crippen LogP contribution >= 0.6 is 11.8 Å². The van der Waals surface area contributed by atoms with Gasteiger partial charge in [0.05, 0.1) is 43.2 Å². The highest BCUT2D eigenvalue weighted by molar-refractivity contribution is 7.99. The molecule has 2 aromatic carbocycles. The number of benzene rings is 2. The fourth-order valence-electron chi connectivity index (χ4n) is 3.43. The zero-order valence-corrected chi connectivity index (χ0v) is 20.2. The number of ether oxygens (including phenoxy) is 3. The molecule has 0 spiro atoms. The quantitative estimate of drug-likeness (QED) is 0.337. The van der Waals surface area contributed by atoms with Crippen molar-refractivity contribution in [3.8, 4) is 11.5 Å². The van der Waals surface area contributed by atoms with Crippen LogP contribution in [-0.2, 0) is 22.5 Å². The van der Waals surface area contributed by atoms with Crippen LogP contribution in [-0.4, -0.2) is 54.6 Å². The molecule has 0 fully saturated rings. The predicted octanol–water partition coefficient (Wildman–Crippen LogP) is 3.70. The first-order chi connectivity index (χ1) is 16.0. The maximum atomic E-state index is 12.4. The Morgan fingerprint density at radius 2 is 1.85 bits per heavy atom. The monoisotopic (exact) mass is 471 g/mol. The second-order valence-corrected chi connectivity index (χ2v) is 8.08. The van der Waals surface area contributed by atoms with Gasteiger partial charge in [-0.1, -0.05) is 17.8 Å². The van der Waals surface area contributed by atoms with Crippen LogP contribution in [0.2, 0.25) is 0 Å². The summed E-state index contributed by atoms with van der Waals surface area (Å²) in [5, 5.41) is 3.69. The van der Waals surface area contributed by atoms with E-state index in [0.29, 0.717) is 48.7 Å². The van der Waals surface area contributed by atoms with Crippen molar-refractivity contribution in [1.29, 1.82) is 0 Å². The molecule has 0 aliphatic carbocycles. The topological polar surface area (TPSA) is 91.7 Å². The molecule has 1 N–H and O–H groups in total. The number of hydrogen-bond acceptors (Lipinski definition) is 7. The molecular weight excluding hydrogens is 442 g/mol. The van der Waals surface area contributed by atoms with Gasteiger partial charge in [-0.25, -0.2) is 9.78 Å². The largest absolute Gasteiger partial charge is 0.493 e. The van der Waals surface area contributed by atoms with Crippen LogP contribution in [0.5, 0.6) is 11.5 Å². The van der Waals surface area contributed by atoms with Crippen LogP contribution in [0, 0.1) is 0 Å². The van der Waals surface area contributed by atoms with Gasteiger partial charge in [0.2, 0.25) is 5.91 Å². The summed E-state index contributed by atoms with van der Waals surface area (Å²) in [6, 6.07) is 11.1. The first-order valence-electron chi connectivity index (χ1n) is 10.8. The van der Waals surface area contributed by atoms with Crippen molar-refractivity contribution < 1.29 is 23.8 Å². The van der Waals surface area contributed by atoms with Gasteiger partial charge < -0.3 is 24.1 Å². The van der Waals surface area contributed by atoms with Gasteiger partial charge in [0, 0.05) is 13.1 Å². The number of imidazole rings is 1. The number of esters is 1. The lowest BCUT2D eigenvalue weighted by atomic mass is 10.1. The summed E-state index contributed by atoms with van der Waals surface area (Å²) in [6.07, 6.45) is 0.681. The first-order valence-corrected chi connectivity index (χ1v) is 11.8. The van der Waals surface area contributed by atoms with Crippen LogP contribution in [0.15, 0.2) is 41.6 Å². The fraction of sp³-hybridized carbons (Fsp3) is 0.375. The molecule has 0 radical (unpaired) electrons. The molecule has 176 valence electrons. The lowest BCUT2D eigenvalue weighted by Gasteiger charge is -2.10. The molecule has 0 unspecified atom stereocenters. The predicted molar refractivity (Wildman–Crippen MR) is 128 cm³/mol. The summed E-state index contributed by atoms with van der Waals surface area (Å²) in [7, 11) is 3.20. The maximum absolute atomic E-state index is 12.4. The van der Waals surface area contributed by atoms with Gasteiger partial charge in [-0.2, -0.15) is 0 Å². The smallest absolute Gasteiger partial charge is 0.338 e. The fourth-order valence-corrected chi connectivity index (χ4v) is 4.34. The highest BCUT2D eigenvalue weighted by Gasteiger charge is 2.15. The molecule has 0 saturated carbocycles. The molecular formula is C24H29N3O5S. The van der Waals surface area contributed by atoms with Crippen LogP contribution < -0.4 is 14.8 Å². The van der Waals surface area contributed by atoms with Gasteiger partial charge in [-0.05, 0) is 56.2 Å². The third kappa shape index (κ3) is 5.98. The lowest BCUT2D eigenvalue weighted by molar-refractivity contribution is -0.118. The third-order valence-corrected chi connectivity index (χ3v) is 6.03. The number of aromatic nitrogens is 2. The Hall–Kier alpha value is -3.20. The molecule has 3 aromatic rings. The van der Waals surface area contributed by atoms with Crippen molar-refractivity contribution in [2.24, 2.45) is 0 Å². The molecule has 0 aliphatic heterocycles. The number of hydrogen-bond donors (Lipinski definition) is 1. The molecule has 9 heteroatoms. The van der Waals surface area contributed by atoms with E-state index >= 15 is 0 Å². The highest BCUT2D eigenvalue weighted by Crippen LogP contribution is 2.28. The average Bonchev–Trinajstić information content (AvgIpc) is 3.19. The number of aryl methyl sites for hydroxylation is 1. The lowest BCUT2D eigenvalue weighted by Crippen LogP contribution is -2.27. The number of carbonyl (C=O) groups is 2. The molecule has 0 aliphatic rings. The van der Waals surface area contributed by atoms with Crippen LogP contribution in [0.3, 0.4) is 0 Å². The van der Waals surface area contributed by atoms with Gasteiger partial charge in [-0.15, -0.1) is 0 Å². The molecule has 1 aromatic heterocycles. The normalized spacial score (nSPS) is 10.8. The summed E-state index contributed by atoms with van der Waals surface area (Å²) in [6.45, 7) is 5.34. The van der Waals surface area contributed by atoms with Gasteiger partial charge in [-0.3, -0.25) is 4.79 Å². The number of nitrogens with one attached hydrogen (secondary N) is 1. The second kappa shape index (κ2) is 11.6. The van der Waals surface area contributed by atoms with Crippen molar-refractivity contribution in [2.75, 3.05) is 33.1 Å². The SMILES string of the molecule is CCOC(=O)c1ccc2c(c1)nc(SCC(=O)NCCc1ccc(OC)c(OC)c1)n2CC. The number of rotatable bonds is 11.